The summed E-state index contributed by atoms with van der Waals surface area (Å²) in [4.78, 5) is 16.8. The fraction of sp³-hybridized carbons (Fsp3) is 0.706. The van der Waals surface area contributed by atoms with Crippen molar-refractivity contribution < 1.29 is 4.79 Å². The number of amides is 1. The molecule has 1 aliphatic carbocycles. The van der Waals surface area contributed by atoms with Crippen molar-refractivity contribution in [3.8, 4) is 0 Å². The van der Waals surface area contributed by atoms with Crippen LogP contribution in [0.5, 0.6) is 0 Å². The highest BCUT2D eigenvalue weighted by Crippen LogP contribution is 2.25. The Labute approximate surface area is 137 Å². The van der Waals surface area contributed by atoms with Crippen molar-refractivity contribution >= 4 is 5.91 Å². The first-order chi connectivity index (χ1) is 11.2. The second kappa shape index (κ2) is 6.07. The van der Waals surface area contributed by atoms with Gasteiger partial charge >= 0.3 is 0 Å². The smallest absolute Gasteiger partial charge is 0.226 e. The normalized spacial score (nSPS) is 22.5. The van der Waals surface area contributed by atoms with Crippen LogP contribution in [-0.2, 0) is 17.9 Å². The summed E-state index contributed by atoms with van der Waals surface area (Å²) in [5.74, 6) is 2.38. The van der Waals surface area contributed by atoms with Crippen molar-refractivity contribution in [2.45, 2.75) is 58.2 Å². The number of allylic oxidation sites excluding steroid dienone is 1. The first kappa shape index (κ1) is 14.9. The maximum Gasteiger partial charge on any atom is 0.226 e. The molecule has 0 aromatic carbocycles. The highest BCUT2D eigenvalue weighted by Gasteiger charge is 2.36. The van der Waals surface area contributed by atoms with Crippen LogP contribution in [-0.4, -0.2) is 56.1 Å². The SMILES string of the molecule is Cc1nnc2n1CCN(C1CN(C(=O)CC3=CCCCC3)C1)C2. The minimum atomic E-state index is 0.311. The van der Waals surface area contributed by atoms with Gasteiger partial charge in [-0.25, -0.2) is 0 Å². The number of rotatable bonds is 3. The van der Waals surface area contributed by atoms with Gasteiger partial charge in [0.1, 0.15) is 11.6 Å². The monoisotopic (exact) mass is 315 g/mol. The van der Waals surface area contributed by atoms with E-state index in [2.05, 4.69) is 25.7 Å². The maximum atomic E-state index is 12.4. The van der Waals surface area contributed by atoms with Crippen molar-refractivity contribution in [2.24, 2.45) is 0 Å². The molecule has 124 valence electrons. The molecule has 1 aromatic heterocycles. The number of hydrogen-bond donors (Lipinski definition) is 0. The van der Waals surface area contributed by atoms with E-state index in [0.29, 0.717) is 18.4 Å². The first-order valence-electron chi connectivity index (χ1n) is 8.79. The molecule has 0 saturated carbocycles. The lowest BCUT2D eigenvalue weighted by atomic mass is 9.96. The van der Waals surface area contributed by atoms with Crippen LogP contribution >= 0.6 is 0 Å². The van der Waals surface area contributed by atoms with Gasteiger partial charge < -0.3 is 9.47 Å². The third-order valence-electron chi connectivity index (χ3n) is 5.46. The van der Waals surface area contributed by atoms with E-state index >= 15 is 0 Å². The van der Waals surface area contributed by atoms with Crippen LogP contribution in [0.15, 0.2) is 11.6 Å². The van der Waals surface area contributed by atoms with Crippen LogP contribution in [0.25, 0.3) is 0 Å². The third kappa shape index (κ3) is 2.92. The van der Waals surface area contributed by atoms with E-state index in [1.807, 2.05) is 11.8 Å². The van der Waals surface area contributed by atoms with Gasteiger partial charge in [0.2, 0.25) is 5.91 Å². The zero-order valence-corrected chi connectivity index (χ0v) is 13.9. The largest absolute Gasteiger partial charge is 0.339 e. The minimum Gasteiger partial charge on any atom is -0.339 e. The van der Waals surface area contributed by atoms with E-state index in [9.17, 15) is 4.79 Å². The molecule has 1 amide bonds. The zero-order chi connectivity index (χ0) is 15.8. The van der Waals surface area contributed by atoms with Gasteiger partial charge in [-0.1, -0.05) is 11.6 Å². The average molecular weight is 315 g/mol. The van der Waals surface area contributed by atoms with E-state index in [4.69, 9.17) is 0 Å². The number of hydrogen-bond acceptors (Lipinski definition) is 4. The molecular weight excluding hydrogens is 290 g/mol. The standard InChI is InChI=1S/C17H25N5O/c1-13-18-19-16-12-20(7-8-22(13)16)15-10-21(11-15)17(23)9-14-5-3-2-4-6-14/h5,15H,2-4,6-12H2,1H3. The lowest BCUT2D eigenvalue weighted by molar-refractivity contribution is -0.138. The van der Waals surface area contributed by atoms with Gasteiger partial charge in [-0.2, -0.15) is 0 Å². The molecule has 6 nitrogen and oxygen atoms in total. The number of aromatic nitrogens is 3. The molecule has 3 aliphatic rings. The van der Waals surface area contributed by atoms with E-state index in [1.165, 1.54) is 18.4 Å². The molecule has 1 saturated heterocycles. The van der Waals surface area contributed by atoms with Crippen molar-refractivity contribution in [3.05, 3.63) is 23.3 Å². The average Bonchev–Trinajstić information content (AvgIpc) is 2.88. The van der Waals surface area contributed by atoms with Gasteiger partial charge in [0.05, 0.1) is 6.54 Å². The number of carbonyl (C=O) groups excluding carboxylic acids is 1. The minimum absolute atomic E-state index is 0.311. The van der Waals surface area contributed by atoms with Crippen LogP contribution in [0.1, 0.15) is 43.8 Å². The first-order valence-corrected chi connectivity index (χ1v) is 8.79. The third-order valence-corrected chi connectivity index (χ3v) is 5.46. The summed E-state index contributed by atoms with van der Waals surface area (Å²) >= 11 is 0. The predicted octanol–water partition coefficient (Wildman–Crippen LogP) is 1.50. The molecule has 1 aromatic rings. The van der Waals surface area contributed by atoms with Crippen LogP contribution in [0.2, 0.25) is 0 Å². The summed E-state index contributed by atoms with van der Waals surface area (Å²) < 4.78 is 2.20. The van der Waals surface area contributed by atoms with Crippen molar-refractivity contribution in [1.82, 2.24) is 24.6 Å². The zero-order valence-electron chi connectivity index (χ0n) is 13.9. The summed E-state index contributed by atoms with van der Waals surface area (Å²) in [5, 5.41) is 8.42. The molecular formula is C17H25N5O. The molecule has 0 radical (unpaired) electrons. The second-order valence-corrected chi connectivity index (χ2v) is 7.02. The summed E-state index contributed by atoms with van der Waals surface area (Å²) in [7, 11) is 0. The van der Waals surface area contributed by atoms with Gasteiger partial charge in [0, 0.05) is 38.6 Å². The number of fused-ring (bicyclic) bond motifs is 1. The van der Waals surface area contributed by atoms with E-state index < -0.39 is 0 Å². The summed E-state index contributed by atoms with van der Waals surface area (Å²) in [6.45, 7) is 6.61. The second-order valence-electron chi connectivity index (χ2n) is 7.02. The highest BCUT2D eigenvalue weighted by molar-refractivity contribution is 5.79. The summed E-state index contributed by atoms with van der Waals surface area (Å²) in [6.07, 6.45) is 7.71. The Morgan fingerprint density at radius 1 is 1.26 bits per heavy atom. The van der Waals surface area contributed by atoms with Crippen LogP contribution in [0.4, 0.5) is 0 Å². The summed E-state index contributed by atoms with van der Waals surface area (Å²) in [5.41, 5.74) is 1.35. The molecule has 6 heteroatoms. The molecule has 1 fully saturated rings. The molecule has 0 bridgehead atoms. The van der Waals surface area contributed by atoms with Crippen molar-refractivity contribution in [2.75, 3.05) is 19.6 Å². The quantitative estimate of drug-likeness (QED) is 0.793. The van der Waals surface area contributed by atoms with Crippen molar-refractivity contribution in [3.63, 3.8) is 0 Å². The fourth-order valence-corrected chi connectivity index (χ4v) is 3.89. The molecule has 2 aliphatic heterocycles. The van der Waals surface area contributed by atoms with E-state index in [1.54, 1.807) is 0 Å². The van der Waals surface area contributed by atoms with Crippen LogP contribution in [0.3, 0.4) is 0 Å². The maximum absolute atomic E-state index is 12.4. The molecule has 0 atom stereocenters. The Hall–Kier alpha value is -1.69. The Balaban J connectivity index is 1.28. The highest BCUT2D eigenvalue weighted by atomic mass is 16.2. The fourth-order valence-electron chi connectivity index (χ4n) is 3.89. The number of carbonyl (C=O) groups is 1. The van der Waals surface area contributed by atoms with Gasteiger partial charge in [0.25, 0.3) is 0 Å². The Morgan fingerprint density at radius 2 is 2.13 bits per heavy atom. The number of nitrogens with zero attached hydrogens (tertiary/aromatic N) is 5. The topological polar surface area (TPSA) is 54.3 Å². The predicted molar refractivity (Wildman–Crippen MR) is 86.7 cm³/mol. The van der Waals surface area contributed by atoms with Crippen LogP contribution < -0.4 is 0 Å². The molecule has 0 N–H and O–H groups in total. The van der Waals surface area contributed by atoms with Gasteiger partial charge in [-0.15, -0.1) is 10.2 Å². The van der Waals surface area contributed by atoms with Gasteiger partial charge in [-0.05, 0) is 32.6 Å². The molecule has 0 spiro atoms. The Morgan fingerprint density at radius 3 is 2.91 bits per heavy atom. The van der Waals surface area contributed by atoms with Crippen molar-refractivity contribution in [1.29, 1.82) is 0 Å². The van der Waals surface area contributed by atoms with E-state index in [-0.39, 0.29) is 0 Å². The summed E-state index contributed by atoms with van der Waals surface area (Å²) in [6, 6.07) is 0.491. The van der Waals surface area contributed by atoms with Gasteiger partial charge in [-0.3, -0.25) is 9.69 Å². The van der Waals surface area contributed by atoms with E-state index in [0.717, 1.165) is 57.2 Å². The van der Waals surface area contributed by atoms with Gasteiger partial charge in [0.15, 0.2) is 0 Å². The van der Waals surface area contributed by atoms with Crippen LogP contribution in [0, 0.1) is 6.92 Å². The lowest BCUT2D eigenvalue weighted by Gasteiger charge is -2.46. The molecule has 3 heterocycles. The number of likely N-dealkylation sites (tertiary alicyclic amines) is 1. The number of aryl methyl sites for hydroxylation is 1. The molecule has 23 heavy (non-hydrogen) atoms. The molecule has 0 unspecified atom stereocenters. The Kier molecular flexibility index (Phi) is 3.93. The molecule has 4 rings (SSSR count). The lowest BCUT2D eigenvalue weighted by Crippen LogP contribution is -2.62. The Bertz CT molecular complexity index is 629.